The lowest BCUT2D eigenvalue weighted by Crippen LogP contribution is -2.49. The van der Waals surface area contributed by atoms with E-state index < -0.39 is 10.0 Å². The summed E-state index contributed by atoms with van der Waals surface area (Å²) in [5, 5.41) is 0. The Balaban J connectivity index is 1.10. The molecule has 1 saturated carbocycles. The van der Waals surface area contributed by atoms with E-state index in [0.29, 0.717) is 22.3 Å². The molecule has 1 aromatic carbocycles. The Labute approximate surface area is 227 Å². The van der Waals surface area contributed by atoms with Crippen LogP contribution in [0, 0.1) is 19.3 Å². The van der Waals surface area contributed by atoms with E-state index in [1.54, 1.807) is 39.3 Å². The Morgan fingerprint density at radius 1 is 1.05 bits per heavy atom. The van der Waals surface area contributed by atoms with Gasteiger partial charge in [-0.2, -0.15) is 4.98 Å². The maximum atomic E-state index is 12.9. The number of methoxy groups -OCH3 is 1. The number of ether oxygens (including phenoxy) is 2. The third-order valence-corrected chi connectivity index (χ3v) is 10.5. The van der Waals surface area contributed by atoms with E-state index in [4.69, 9.17) is 9.47 Å². The van der Waals surface area contributed by atoms with Gasteiger partial charge < -0.3 is 19.3 Å². The van der Waals surface area contributed by atoms with E-state index >= 15 is 0 Å². The van der Waals surface area contributed by atoms with E-state index in [1.807, 2.05) is 6.07 Å². The van der Waals surface area contributed by atoms with Crippen LogP contribution in [0.4, 0.5) is 5.82 Å². The van der Waals surface area contributed by atoms with Crippen molar-refractivity contribution in [1.82, 2.24) is 19.6 Å². The average molecular weight is 544 g/mol. The Kier molecular flexibility index (Phi) is 8.11. The van der Waals surface area contributed by atoms with Gasteiger partial charge >= 0.3 is 6.01 Å². The molecule has 0 bridgehead atoms. The van der Waals surface area contributed by atoms with Crippen LogP contribution in [0.25, 0.3) is 0 Å². The minimum atomic E-state index is -3.68. The SMILES string of the molecule is COc1cc(C)c(S(=O)(=O)NCCOc2nccc(N3CCC4(CCC(N5CCC5)CC4)CC3)n2)c(C)c1. The maximum Gasteiger partial charge on any atom is 0.318 e. The van der Waals surface area contributed by atoms with E-state index in [-0.39, 0.29) is 24.1 Å². The number of hydrogen-bond acceptors (Lipinski definition) is 8. The predicted octanol–water partition coefficient (Wildman–Crippen LogP) is 3.69. The smallest absolute Gasteiger partial charge is 0.318 e. The van der Waals surface area contributed by atoms with Crippen LogP contribution in [0.15, 0.2) is 29.3 Å². The first-order valence-corrected chi connectivity index (χ1v) is 15.4. The highest BCUT2D eigenvalue weighted by Crippen LogP contribution is 2.46. The molecule has 2 saturated heterocycles. The molecular formula is C28H41N5O4S. The summed E-state index contributed by atoms with van der Waals surface area (Å²) < 4.78 is 39.4. The Bertz CT molecular complexity index is 1190. The Hall–Kier alpha value is -2.43. The minimum Gasteiger partial charge on any atom is -0.497 e. The second kappa shape index (κ2) is 11.4. The van der Waals surface area contributed by atoms with Crippen molar-refractivity contribution in [3.05, 3.63) is 35.5 Å². The predicted molar refractivity (Wildman–Crippen MR) is 148 cm³/mol. The van der Waals surface area contributed by atoms with Gasteiger partial charge in [-0.05, 0) is 107 Å². The normalized spacial score (nSPS) is 20.3. The molecule has 0 unspecified atom stereocenters. The number of hydrogen-bond donors (Lipinski definition) is 1. The summed E-state index contributed by atoms with van der Waals surface area (Å²) in [6.45, 7) is 8.40. The minimum absolute atomic E-state index is 0.117. The summed E-state index contributed by atoms with van der Waals surface area (Å²) in [5.74, 6) is 1.52. The molecule has 1 N–H and O–H groups in total. The molecule has 3 heterocycles. The van der Waals surface area contributed by atoms with Crippen molar-refractivity contribution in [2.75, 3.05) is 51.3 Å². The molecule has 0 amide bonds. The van der Waals surface area contributed by atoms with Crippen molar-refractivity contribution in [3.63, 3.8) is 0 Å². The molecule has 1 spiro atoms. The summed E-state index contributed by atoms with van der Waals surface area (Å²) in [6, 6.07) is 6.47. The molecule has 0 radical (unpaired) electrons. The zero-order valence-electron chi connectivity index (χ0n) is 22.9. The average Bonchev–Trinajstić information content (AvgIpc) is 2.87. The van der Waals surface area contributed by atoms with Crippen LogP contribution >= 0.6 is 0 Å². The highest BCUT2D eigenvalue weighted by Gasteiger charge is 2.40. The molecule has 0 atom stereocenters. The van der Waals surface area contributed by atoms with E-state index in [0.717, 1.165) is 24.9 Å². The second-order valence-corrected chi connectivity index (χ2v) is 12.8. The monoisotopic (exact) mass is 543 g/mol. The fourth-order valence-corrected chi connectivity index (χ4v) is 7.88. The van der Waals surface area contributed by atoms with Gasteiger partial charge in [-0.1, -0.05) is 0 Å². The third kappa shape index (κ3) is 5.92. The lowest BCUT2D eigenvalue weighted by molar-refractivity contribution is 0.0387. The first-order valence-electron chi connectivity index (χ1n) is 13.9. The van der Waals surface area contributed by atoms with Gasteiger partial charge in [-0.15, -0.1) is 0 Å². The number of sulfonamides is 1. The maximum absolute atomic E-state index is 12.9. The lowest BCUT2D eigenvalue weighted by atomic mass is 9.66. The van der Waals surface area contributed by atoms with Gasteiger partial charge in [-0.25, -0.2) is 18.1 Å². The van der Waals surface area contributed by atoms with Gasteiger partial charge in [0.1, 0.15) is 18.2 Å². The number of anilines is 1. The first kappa shape index (κ1) is 27.1. The molecule has 9 nitrogen and oxygen atoms in total. The molecule has 208 valence electrons. The second-order valence-electron chi connectivity index (χ2n) is 11.1. The van der Waals surface area contributed by atoms with Crippen molar-refractivity contribution >= 4 is 15.8 Å². The number of nitrogens with one attached hydrogen (secondary N) is 1. The van der Waals surface area contributed by atoms with Gasteiger partial charge in [-0.3, -0.25) is 0 Å². The Morgan fingerprint density at radius 2 is 1.74 bits per heavy atom. The fourth-order valence-electron chi connectivity index (χ4n) is 6.42. The summed E-state index contributed by atoms with van der Waals surface area (Å²) in [7, 11) is -2.12. The lowest BCUT2D eigenvalue weighted by Gasteiger charge is -2.49. The number of aryl methyl sites for hydroxylation is 2. The van der Waals surface area contributed by atoms with Gasteiger partial charge in [0, 0.05) is 31.9 Å². The number of rotatable bonds is 9. The van der Waals surface area contributed by atoms with Crippen LogP contribution in [-0.2, 0) is 10.0 Å². The highest BCUT2D eigenvalue weighted by atomic mass is 32.2. The highest BCUT2D eigenvalue weighted by molar-refractivity contribution is 7.89. The van der Waals surface area contributed by atoms with Crippen molar-refractivity contribution in [2.24, 2.45) is 5.41 Å². The van der Waals surface area contributed by atoms with Crippen LogP contribution in [0.3, 0.4) is 0 Å². The molecule has 2 aliphatic heterocycles. The van der Waals surface area contributed by atoms with Crippen LogP contribution in [-0.4, -0.2) is 75.8 Å². The topological polar surface area (TPSA) is 96.9 Å². The zero-order valence-corrected chi connectivity index (χ0v) is 23.7. The van der Waals surface area contributed by atoms with Gasteiger partial charge in [0.05, 0.1) is 12.0 Å². The number of likely N-dealkylation sites (tertiary alicyclic amines) is 1. The zero-order chi connectivity index (χ0) is 26.8. The largest absolute Gasteiger partial charge is 0.497 e. The number of piperidine rings is 1. The number of aromatic nitrogens is 2. The summed E-state index contributed by atoms with van der Waals surface area (Å²) in [5.41, 5.74) is 1.78. The van der Waals surface area contributed by atoms with Crippen molar-refractivity contribution < 1.29 is 17.9 Å². The molecule has 1 aliphatic carbocycles. The number of nitrogens with zero attached hydrogens (tertiary/aromatic N) is 4. The molecule has 1 aromatic heterocycles. The van der Waals surface area contributed by atoms with Crippen molar-refractivity contribution in [1.29, 1.82) is 0 Å². The van der Waals surface area contributed by atoms with E-state index in [2.05, 4.69) is 24.5 Å². The molecule has 3 fully saturated rings. The van der Waals surface area contributed by atoms with Crippen molar-refractivity contribution in [3.8, 4) is 11.8 Å². The first-order chi connectivity index (χ1) is 18.3. The molecule has 5 rings (SSSR count). The van der Waals surface area contributed by atoms with E-state index in [9.17, 15) is 8.42 Å². The van der Waals surface area contributed by atoms with Crippen molar-refractivity contribution in [2.45, 2.75) is 69.7 Å². The van der Waals surface area contributed by atoms with Crippen LogP contribution in [0.2, 0.25) is 0 Å². The standard InChI is InChI=1S/C28H41N5O4S/c1-21-19-24(36-3)20-22(2)26(21)38(34,35)30-13-18-37-27-29-12-7-25(31-27)33-16-10-28(11-17-33)8-5-23(6-9-28)32-14-4-15-32/h7,12,19-20,23,30H,4-6,8-11,13-18H2,1-3H3. The third-order valence-electron chi connectivity index (χ3n) is 8.75. The van der Waals surface area contributed by atoms with Crippen LogP contribution in [0.1, 0.15) is 56.1 Å². The number of benzene rings is 1. The van der Waals surface area contributed by atoms with Crippen LogP contribution < -0.4 is 19.1 Å². The molecule has 2 aromatic rings. The quantitative estimate of drug-likeness (QED) is 0.479. The summed E-state index contributed by atoms with van der Waals surface area (Å²) in [6.07, 6.45) is 10.9. The Morgan fingerprint density at radius 3 is 2.34 bits per heavy atom. The van der Waals surface area contributed by atoms with Gasteiger partial charge in [0.2, 0.25) is 10.0 Å². The van der Waals surface area contributed by atoms with E-state index in [1.165, 1.54) is 58.0 Å². The van der Waals surface area contributed by atoms with Gasteiger partial charge in [0.25, 0.3) is 0 Å². The summed E-state index contributed by atoms with van der Waals surface area (Å²) in [4.78, 5) is 14.1. The van der Waals surface area contributed by atoms with Crippen LogP contribution in [0.5, 0.6) is 11.8 Å². The molecule has 3 aliphatic rings. The summed E-state index contributed by atoms with van der Waals surface area (Å²) >= 11 is 0. The molecular weight excluding hydrogens is 502 g/mol. The molecule has 38 heavy (non-hydrogen) atoms. The molecule has 10 heteroatoms. The van der Waals surface area contributed by atoms with Gasteiger partial charge in [0.15, 0.2) is 0 Å². The fraction of sp³-hybridized carbons (Fsp3) is 0.643.